The van der Waals surface area contributed by atoms with E-state index in [9.17, 15) is 8.78 Å². The number of nitrogens with one attached hydrogen (secondary N) is 1. The zero-order valence-corrected chi connectivity index (χ0v) is 9.48. The van der Waals surface area contributed by atoms with Gasteiger partial charge >= 0.3 is 0 Å². The number of nitrogens with two attached hydrogens (primary N) is 1. The van der Waals surface area contributed by atoms with Gasteiger partial charge in [-0.25, -0.2) is 8.78 Å². The van der Waals surface area contributed by atoms with Gasteiger partial charge in [-0.15, -0.1) is 0 Å². The number of nitrogen functional groups attached to an aromatic ring is 1. The lowest BCUT2D eigenvalue weighted by atomic mass is 10.1. The number of halogens is 2. The molecule has 1 atom stereocenters. The molecule has 0 saturated carbocycles. The fraction of sp³-hybridized carbons (Fsp3) is 0.250. The number of rotatable bonds is 4. The fourth-order valence-corrected chi connectivity index (χ4v) is 1.67. The van der Waals surface area contributed by atoms with Gasteiger partial charge in [0, 0.05) is 41.1 Å². The van der Waals surface area contributed by atoms with E-state index in [2.05, 4.69) is 10.3 Å². The molecule has 1 aromatic heterocycles. The van der Waals surface area contributed by atoms with E-state index in [1.807, 2.05) is 0 Å². The summed E-state index contributed by atoms with van der Waals surface area (Å²) in [6, 6.07) is 5.10. The lowest BCUT2D eigenvalue weighted by Crippen LogP contribution is -2.26. The number of hydrogen-bond donors (Lipinski definition) is 3. The van der Waals surface area contributed by atoms with E-state index < -0.39 is 12.5 Å². The van der Waals surface area contributed by atoms with E-state index in [1.54, 1.807) is 30.6 Å². The van der Waals surface area contributed by atoms with Gasteiger partial charge in [0.2, 0.25) is 0 Å². The van der Waals surface area contributed by atoms with Crippen molar-refractivity contribution in [2.24, 2.45) is 0 Å². The van der Waals surface area contributed by atoms with Crippen molar-refractivity contribution in [3.05, 3.63) is 30.6 Å². The number of fused-ring (bicyclic) bond motifs is 1. The van der Waals surface area contributed by atoms with E-state index in [0.717, 1.165) is 10.8 Å². The smallest absolute Gasteiger partial charge is 0.265 e. The number of aromatic nitrogens is 1. The van der Waals surface area contributed by atoms with E-state index in [-0.39, 0.29) is 6.54 Å². The average molecular weight is 253 g/mol. The Morgan fingerprint density at radius 1 is 1.28 bits per heavy atom. The number of hydrogen-bond acceptors (Lipinski definition) is 4. The van der Waals surface area contributed by atoms with Crippen LogP contribution < -0.4 is 11.1 Å². The number of aliphatic hydroxyl groups is 1. The average Bonchev–Trinajstić information content (AvgIpc) is 2.38. The number of pyridine rings is 1. The molecule has 0 fully saturated rings. The van der Waals surface area contributed by atoms with Crippen LogP contribution in [-0.4, -0.2) is 29.2 Å². The van der Waals surface area contributed by atoms with Gasteiger partial charge in [-0.05, 0) is 18.2 Å². The lowest BCUT2D eigenvalue weighted by Gasteiger charge is -2.14. The van der Waals surface area contributed by atoms with Crippen molar-refractivity contribution in [1.29, 1.82) is 0 Å². The highest BCUT2D eigenvalue weighted by molar-refractivity contribution is 6.00. The summed E-state index contributed by atoms with van der Waals surface area (Å²) in [6.45, 7) is -0.223. The Balaban J connectivity index is 2.26. The molecule has 0 aliphatic rings. The number of anilines is 2. The Bertz CT molecular complexity index is 548. The molecular weight excluding hydrogens is 240 g/mol. The largest absolute Gasteiger partial charge is 0.398 e. The second kappa shape index (κ2) is 5.14. The minimum absolute atomic E-state index is 0.223. The maximum atomic E-state index is 12.2. The van der Waals surface area contributed by atoms with E-state index in [1.165, 1.54) is 0 Å². The summed E-state index contributed by atoms with van der Waals surface area (Å²) in [5.74, 6) is 0. The highest BCUT2D eigenvalue weighted by Gasteiger charge is 2.16. The molecular formula is C12H13F2N3O. The molecule has 0 spiro atoms. The second-order valence-corrected chi connectivity index (χ2v) is 3.91. The Labute approximate surface area is 102 Å². The number of benzene rings is 1. The van der Waals surface area contributed by atoms with Crippen molar-refractivity contribution in [3.63, 3.8) is 0 Å². The summed E-state index contributed by atoms with van der Waals surface area (Å²) >= 11 is 0. The molecule has 0 aliphatic carbocycles. The third-order valence-corrected chi connectivity index (χ3v) is 2.64. The molecule has 4 N–H and O–H groups in total. The molecule has 4 nitrogen and oxygen atoms in total. The fourth-order valence-electron chi connectivity index (χ4n) is 1.67. The van der Waals surface area contributed by atoms with Gasteiger partial charge < -0.3 is 16.2 Å². The molecule has 1 heterocycles. The number of nitrogens with zero attached hydrogens (tertiary/aromatic N) is 1. The quantitative estimate of drug-likeness (QED) is 0.727. The molecule has 18 heavy (non-hydrogen) atoms. The van der Waals surface area contributed by atoms with Gasteiger partial charge in [0.25, 0.3) is 6.43 Å². The summed E-state index contributed by atoms with van der Waals surface area (Å²) < 4.78 is 24.4. The molecule has 2 aromatic rings. The predicted molar refractivity (Wildman–Crippen MR) is 66.7 cm³/mol. The van der Waals surface area contributed by atoms with Crippen LogP contribution in [0, 0.1) is 0 Å². The summed E-state index contributed by atoms with van der Waals surface area (Å²) in [4.78, 5) is 3.96. The first-order valence-electron chi connectivity index (χ1n) is 5.42. The normalized spacial score (nSPS) is 12.9. The molecule has 1 unspecified atom stereocenters. The molecule has 0 aliphatic heterocycles. The zero-order valence-electron chi connectivity index (χ0n) is 9.48. The lowest BCUT2D eigenvalue weighted by molar-refractivity contribution is 0.00386. The molecule has 0 radical (unpaired) electrons. The molecule has 1 aromatic carbocycles. The molecule has 2 rings (SSSR count). The number of aliphatic hydroxyl groups excluding tert-OH is 1. The summed E-state index contributed by atoms with van der Waals surface area (Å²) in [5.41, 5.74) is 7.00. The van der Waals surface area contributed by atoms with Crippen LogP contribution in [-0.2, 0) is 0 Å². The van der Waals surface area contributed by atoms with Gasteiger partial charge in [-0.1, -0.05) is 0 Å². The SMILES string of the molecule is Nc1ccc(NCC(O)C(F)F)c2ccncc12. The summed E-state index contributed by atoms with van der Waals surface area (Å²) in [6.07, 6.45) is -1.26. The Kier molecular flexibility index (Phi) is 3.57. The highest BCUT2D eigenvalue weighted by atomic mass is 19.3. The van der Waals surface area contributed by atoms with E-state index in [0.29, 0.717) is 11.4 Å². The monoisotopic (exact) mass is 253 g/mol. The molecule has 0 bridgehead atoms. The molecule has 0 saturated heterocycles. The van der Waals surface area contributed by atoms with Crippen LogP contribution in [0.25, 0.3) is 10.8 Å². The predicted octanol–water partition coefficient (Wildman–Crippen LogP) is 1.85. The van der Waals surface area contributed by atoms with Crippen LogP contribution in [0.3, 0.4) is 0 Å². The van der Waals surface area contributed by atoms with Crippen LogP contribution in [0.2, 0.25) is 0 Å². The van der Waals surface area contributed by atoms with Crippen LogP contribution in [0.15, 0.2) is 30.6 Å². The Hall–Kier alpha value is -1.95. The number of alkyl halides is 2. The standard InChI is InChI=1S/C12H13F2N3O/c13-12(14)11(18)6-17-10-2-1-9(15)8-5-16-4-3-7(8)10/h1-5,11-12,17-18H,6,15H2. The zero-order chi connectivity index (χ0) is 13.1. The molecule has 96 valence electrons. The maximum Gasteiger partial charge on any atom is 0.265 e. The van der Waals surface area contributed by atoms with E-state index in [4.69, 9.17) is 10.8 Å². The summed E-state index contributed by atoms with van der Waals surface area (Å²) in [5, 5.41) is 13.4. The maximum absolute atomic E-state index is 12.2. The second-order valence-electron chi connectivity index (χ2n) is 3.91. The van der Waals surface area contributed by atoms with Crippen LogP contribution in [0.5, 0.6) is 0 Å². The van der Waals surface area contributed by atoms with Gasteiger partial charge in [-0.3, -0.25) is 4.98 Å². The van der Waals surface area contributed by atoms with Crippen molar-refractivity contribution in [1.82, 2.24) is 4.98 Å². The van der Waals surface area contributed by atoms with Gasteiger partial charge in [0.05, 0.1) is 0 Å². The van der Waals surface area contributed by atoms with Gasteiger partial charge in [0.1, 0.15) is 6.10 Å². The van der Waals surface area contributed by atoms with Crippen molar-refractivity contribution in [2.75, 3.05) is 17.6 Å². The summed E-state index contributed by atoms with van der Waals surface area (Å²) in [7, 11) is 0. The minimum atomic E-state index is -2.76. The van der Waals surface area contributed by atoms with Crippen LogP contribution in [0.4, 0.5) is 20.2 Å². The first kappa shape index (κ1) is 12.5. The first-order valence-corrected chi connectivity index (χ1v) is 5.42. The minimum Gasteiger partial charge on any atom is -0.398 e. The van der Waals surface area contributed by atoms with E-state index >= 15 is 0 Å². The van der Waals surface area contributed by atoms with Gasteiger partial charge in [-0.2, -0.15) is 0 Å². The Morgan fingerprint density at radius 2 is 2.06 bits per heavy atom. The van der Waals surface area contributed by atoms with Crippen molar-refractivity contribution in [2.45, 2.75) is 12.5 Å². The third kappa shape index (κ3) is 2.48. The highest BCUT2D eigenvalue weighted by Crippen LogP contribution is 2.27. The molecule has 0 amide bonds. The Morgan fingerprint density at radius 3 is 2.78 bits per heavy atom. The van der Waals surface area contributed by atoms with Crippen molar-refractivity contribution < 1.29 is 13.9 Å². The van der Waals surface area contributed by atoms with Gasteiger partial charge in [0.15, 0.2) is 0 Å². The van der Waals surface area contributed by atoms with Crippen molar-refractivity contribution >= 4 is 22.1 Å². The first-order chi connectivity index (χ1) is 8.59. The van der Waals surface area contributed by atoms with Crippen molar-refractivity contribution in [3.8, 4) is 0 Å². The topological polar surface area (TPSA) is 71.2 Å². The van der Waals surface area contributed by atoms with Crippen LogP contribution >= 0.6 is 0 Å². The van der Waals surface area contributed by atoms with Crippen LogP contribution in [0.1, 0.15) is 0 Å². The third-order valence-electron chi connectivity index (χ3n) is 2.64. The molecule has 6 heteroatoms.